The highest BCUT2D eigenvalue weighted by Crippen LogP contribution is 2.29. The van der Waals surface area contributed by atoms with Gasteiger partial charge in [-0.15, -0.1) is 0 Å². The van der Waals surface area contributed by atoms with Gasteiger partial charge >= 0.3 is 0 Å². The van der Waals surface area contributed by atoms with Gasteiger partial charge in [0.05, 0.1) is 23.3 Å². The number of rotatable bonds is 4. The molecule has 1 atom stereocenters. The van der Waals surface area contributed by atoms with E-state index < -0.39 is 9.84 Å². The fourth-order valence-electron chi connectivity index (χ4n) is 4.51. The Kier molecular flexibility index (Phi) is 5.57. The summed E-state index contributed by atoms with van der Waals surface area (Å²) in [7, 11) is -2.91. The van der Waals surface area contributed by atoms with E-state index in [4.69, 9.17) is 4.42 Å². The monoisotopic (exact) mass is 451 g/mol. The third-order valence-electron chi connectivity index (χ3n) is 6.28. The zero-order valence-electron chi connectivity index (χ0n) is 17.7. The lowest BCUT2D eigenvalue weighted by Crippen LogP contribution is -2.52. The van der Waals surface area contributed by atoms with Crippen molar-refractivity contribution in [1.29, 1.82) is 0 Å². The molecule has 2 saturated heterocycles. The van der Waals surface area contributed by atoms with Gasteiger partial charge in [-0.05, 0) is 18.6 Å². The molecule has 2 aliphatic heterocycles. The first-order valence-corrected chi connectivity index (χ1v) is 12.7. The summed E-state index contributed by atoms with van der Waals surface area (Å²) in [6.07, 6.45) is 2.37. The normalized spacial score (nSPS) is 21.0. The van der Waals surface area contributed by atoms with Gasteiger partial charge in [0.15, 0.2) is 15.6 Å². The first-order chi connectivity index (χ1) is 15.5. The Morgan fingerprint density at radius 2 is 1.69 bits per heavy atom. The lowest BCUT2D eigenvalue weighted by Gasteiger charge is -2.37. The number of carbonyl (C=O) groups is 1. The van der Waals surface area contributed by atoms with Gasteiger partial charge < -0.3 is 9.32 Å². The van der Waals surface area contributed by atoms with Crippen LogP contribution in [0.4, 0.5) is 0 Å². The molecular formula is C24H25N3O4S. The second-order valence-corrected chi connectivity index (χ2v) is 10.6. The van der Waals surface area contributed by atoms with E-state index in [9.17, 15) is 13.2 Å². The smallest absolute Gasteiger partial charge is 0.254 e. The SMILES string of the molecule is O=C(c1ccccc1-c1ncc(-c2ccccc2)o1)N1CCN([C@H]2CCS(=O)(=O)C2)CC1. The van der Waals surface area contributed by atoms with Gasteiger partial charge in [-0.3, -0.25) is 9.69 Å². The number of benzene rings is 2. The minimum atomic E-state index is -2.91. The Hall–Kier alpha value is -2.97. The van der Waals surface area contributed by atoms with Crippen molar-refractivity contribution in [1.82, 2.24) is 14.8 Å². The Morgan fingerprint density at radius 3 is 2.41 bits per heavy atom. The molecule has 8 heteroatoms. The van der Waals surface area contributed by atoms with Gasteiger partial charge in [0, 0.05) is 43.3 Å². The van der Waals surface area contributed by atoms with E-state index in [1.807, 2.05) is 53.4 Å². The number of sulfone groups is 1. The summed E-state index contributed by atoms with van der Waals surface area (Å²) in [6.45, 7) is 2.52. The average molecular weight is 452 g/mol. The van der Waals surface area contributed by atoms with Crippen molar-refractivity contribution >= 4 is 15.7 Å². The van der Waals surface area contributed by atoms with E-state index in [0.717, 1.165) is 5.56 Å². The zero-order chi connectivity index (χ0) is 22.1. The number of piperazine rings is 1. The maximum Gasteiger partial charge on any atom is 0.254 e. The van der Waals surface area contributed by atoms with Crippen LogP contribution in [0, 0.1) is 0 Å². The largest absolute Gasteiger partial charge is 0.436 e. The minimum Gasteiger partial charge on any atom is -0.436 e. The van der Waals surface area contributed by atoms with Gasteiger partial charge in [0.1, 0.15) is 0 Å². The Balaban J connectivity index is 1.31. The van der Waals surface area contributed by atoms with E-state index in [-0.39, 0.29) is 23.5 Å². The third-order valence-corrected chi connectivity index (χ3v) is 8.03. The van der Waals surface area contributed by atoms with Crippen molar-refractivity contribution in [3.63, 3.8) is 0 Å². The molecule has 0 radical (unpaired) electrons. The van der Waals surface area contributed by atoms with Crippen LogP contribution in [0.15, 0.2) is 65.2 Å². The van der Waals surface area contributed by atoms with E-state index in [1.54, 1.807) is 12.3 Å². The van der Waals surface area contributed by atoms with Crippen molar-refractivity contribution < 1.29 is 17.6 Å². The fourth-order valence-corrected chi connectivity index (χ4v) is 6.28. The molecule has 1 amide bonds. The van der Waals surface area contributed by atoms with Gasteiger partial charge in [0.2, 0.25) is 5.89 Å². The maximum absolute atomic E-state index is 13.3. The number of amides is 1. The Morgan fingerprint density at radius 1 is 0.969 bits per heavy atom. The van der Waals surface area contributed by atoms with Crippen molar-refractivity contribution in [3.8, 4) is 22.8 Å². The second kappa shape index (κ2) is 8.52. The highest BCUT2D eigenvalue weighted by Gasteiger charge is 2.34. The Bertz CT molecular complexity index is 1210. The van der Waals surface area contributed by atoms with Crippen LogP contribution in [0.3, 0.4) is 0 Å². The standard InChI is InChI=1S/C24H25N3O4S/c28-24(27-13-11-26(12-14-27)19-10-15-32(29,30)17-19)21-9-5-4-8-20(21)23-25-16-22(31-23)18-6-2-1-3-7-18/h1-9,16,19H,10-15,17H2/t19-/m0/s1. The van der Waals surface area contributed by atoms with Crippen LogP contribution in [-0.2, 0) is 9.84 Å². The molecular weight excluding hydrogens is 426 g/mol. The van der Waals surface area contributed by atoms with Crippen LogP contribution < -0.4 is 0 Å². The van der Waals surface area contributed by atoms with Gasteiger partial charge in [-0.2, -0.15) is 0 Å². The van der Waals surface area contributed by atoms with Crippen LogP contribution in [-0.4, -0.2) is 72.8 Å². The third kappa shape index (κ3) is 4.20. The quantitative estimate of drug-likeness (QED) is 0.607. The Labute approximate surface area is 187 Å². The van der Waals surface area contributed by atoms with Gasteiger partial charge in [-0.25, -0.2) is 13.4 Å². The molecule has 7 nitrogen and oxygen atoms in total. The molecule has 0 saturated carbocycles. The van der Waals surface area contributed by atoms with Gasteiger partial charge in [-0.1, -0.05) is 42.5 Å². The van der Waals surface area contributed by atoms with E-state index in [0.29, 0.717) is 55.4 Å². The fraction of sp³-hybridized carbons (Fsp3) is 0.333. The number of nitrogens with zero attached hydrogens (tertiary/aromatic N) is 3. The van der Waals surface area contributed by atoms with Crippen molar-refractivity contribution in [2.24, 2.45) is 0 Å². The molecule has 3 heterocycles. The first kappa shape index (κ1) is 20.9. The van der Waals surface area contributed by atoms with Crippen molar-refractivity contribution in [3.05, 3.63) is 66.4 Å². The number of aromatic nitrogens is 1. The summed E-state index contributed by atoms with van der Waals surface area (Å²) in [5.74, 6) is 1.52. The summed E-state index contributed by atoms with van der Waals surface area (Å²) >= 11 is 0. The second-order valence-electron chi connectivity index (χ2n) is 8.33. The van der Waals surface area contributed by atoms with Crippen LogP contribution in [0.5, 0.6) is 0 Å². The summed E-state index contributed by atoms with van der Waals surface area (Å²) in [6, 6.07) is 17.2. The average Bonchev–Trinajstić information content (AvgIpc) is 3.46. The molecule has 166 valence electrons. The van der Waals surface area contributed by atoms with Crippen LogP contribution in [0.25, 0.3) is 22.8 Å². The van der Waals surface area contributed by atoms with E-state index >= 15 is 0 Å². The molecule has 2 aromatic carbocycles. The number of hydrogen-bond acceptors (Lipinski definition) is 6. The number of hydrogen-bond donors (Lipinski definition) is 0. The van der Waals surface area contributed by atoms with Crippen LogP contribution in [0.2, 0.25) is 0 Å². The molecule has 5 rings (SSSR count). The van der Waals surface area contributed by atoms with E-state index in [1.165, 1.54) is 0 Å². The molecule has 1 aromatic heterocycles. The van der Waals surface area contributed by atoms with Crippen molar-refractivity contribution in [2.75, 3.05) is 37.7 Å². The molecule has 0 N–H and O–H groups in total. The summed E-state index contributed by atoms with van der Waals surface area (Å²) in [5.41, 5.74) is 2.16. The summed E-state index contributed by atoms with van der Waals surface area (Å²) in [5, 5.41) is 0. The predicted octanol–water partition coefficient (Wildman–Crippen LogP) is 2.95. The lowest BCUT2D eigenvalue weighted by atomic mass is 10.1. The molecule has 3 aromatic rings. The highest BCUT2D eigenvalue weighted by molar-refractivity contribution is 7.91. The van der Waals surface area contributed by atoms with Crippen LogP contribution >= 0.6 is 0 Å². The minimum absolute atomic E-state index is 0.0567. The lowest BCUT2D eigenvalue weighted by molar-refractivity contribution is 0.0588. The summed E-state index contributed by atoms with van der Waals surface area (Å²) in [4.78, 5) is 21.8. The maximum atomic E-state index is 13.3. The topological polar surface area (TPSA) is 83.7 Å². The van der Waals surface area contributed by atoms with E-state index in [2.05, 4.69) is 9.88 Å². The van der Waals surface area contributed by atoms with Crippen molar-refractivity contribution in [2.45, 2.75) is 12.5 Å². The zero-order valence-corrected chi connectivity index (χ0v) is 18.5. The molecule has 2 fully saturated rings. The number of carbonyl (C=O) groups excluding carboxylic acids is 1. The first-order valence-electron chi connectivity index (χ1n) is 10.8. The molecule has 0 bridgehead atoms. The summed E-state index contributed by atoms with van der Waals surface area (Å²) < 4.78 is 29.6. The molecule has 0 unspecified atom stereocenters. The predicted molar refractivity (Wildman–Crippen MR) is 122 cm³/mol. The molecule has 0 spiro atoms. The molecule has 32 heavy (non-hydrogen) atoms. The van der Waals surface area contributed by atoms with Gasteiger partial charge in [0.25, 0.3) is 5.91 Å². The molecule has 0 aliphatic carbocycles. The number of oxazole rings is 1. The van der Waals surface area contributed by atoms with Crippen LogP contribution in [0.1, 0.15) is 16.8 Å². The highest BCUT2D eigenvalue weighted by atomic mass is 32.2. The molecule has 2 aliphatic rings.